The summed E-state index contributed by atoms with van der Waals surface area (Å²) in [6.07, 6.45) is 3.07. The molecule has 0 bridgehead atoms. The first-order chi connectivity index (χ1) is 6.69. The van der Waals surface area contributed by atoms with E-state index >= 15 is 0 Å². The van der Waals surface area contributed by atoms with Crippen LogP contribution < -0.4 is 4.74 Å². The fourth-order valence-corrected chi connectivity index (χ4v) is 1.18. The number of rotatable bonds is 4. The van der Waals surface area contributed by atoms with E-state index in [0.29, 0.717) is 11.8 Å². The van der Waals surface area contributed by atoms with Gasteiger partial charge in [0.2, 0.25) is 5.88 Å². The number of ether oxygens (including phenoxy) is 1. The lowest BCUT2D eigenvalue weighted by atomic mass is 10.3. The molecule has 1 N–H and O–H groups in total. The van der Waals surface area contributed by atoms with Gasteiger partial charge in [-0.3, -0.25) is 0 Å². The summed E-state index contributed by atoms with van der Waals surface area (Å²) in [6.45, 7) is 2.15. The van der Waals surface area contributed by atoms with Crippen LogP contribution in [-0.2, 0) is 0 Å². The van der Waals surface area contributed by atoms with E-state index in [2.05, 4.69) is 9.97 Å². The predicted octanol–water partition coefficient (Wildman–Crippen LogP) is 1.30. The highest BCUT2D eigenvalue weighted by atomic mass is 32.2. The van der Waals surface area contributed by atoms with Crippen LogP contribution in [0.3, 0.4) is 0 Å². The summed E-state index contributed by atoms with van der Waals surface area (Å²) in [5, 5.41) is 9.29. The molecule has 0 saturated carbocycles. The Bertz CT molecular complexity index is 343. The highest BCUT2D eigenvalue weighted by molar-refractivity contribution is 7.98. The molecule has 0 aliphatic carbocycles. The molecule has 0 unspecified atom stereocenters. The number of carboxylic acid groups (broad SMARTS) is 1. The van der Waals surface area contributed by atoms with Crippen LogP contribution in [0.15, 0.2) is 11.4 Å². The SMILES string of the molecule is CCOc1nc(SC)ncc1C(=O)O. The molecule has 76 valence electrons. The molecule has 1 rings (SSSR count). The second-order valence-corrected chi connectivity index (χ2v) is 3.09. The van der Waals surface area contributed by atoms with Crippen molar-refractivity contribution in [1.29, 1.82) is 0 Å². The van der Waals surface area contributed by atoms with Crippen LogP contribution in [0.1, 0.15) is 17.3 Å². The highest BCUT2D eigenvalue weighted by Crippen LogP contribution is 2.18. The van der Waals surface area contributed by atoms with E-state index in [4.69, 9.17) is 9.84 Å². The van der Waals surface area contributed by atoms with Gasteiger partial charge in [0, 0.05) is 6.20 Å². The Kier molecular flexibility index (Phi) is 3.70. The molecule has 5 nitrogen and oxygen atoms in total. The topological polar surface area (TPSA) is 72.3 Å². The van der Waals surface area contributed by atoms with Crippen LogP contribution in [0.4, 0.5) is 0 Å². The summed E-state index contributed by atoms with van der Waals surface area (Å²) >= 11 is 1.33. The quantitative estimate of drug-likeness (QED) is 0.601. The summed E-state index contributed by atoms with van der Waals surface area (Å²) < 4.78 is 5.10. The molecular formula is C8H10N2O3S. The summed E-state index contributed by atoms with van der Waals surface area (Å²) in [6, 6.07) is 0. The van der Waals surface area contributed by atoms with Crippen molar-refractivity contribution in [3.63, 3.8) is 0 Å². The number of thioether (sulfide) groups is 1. The van der Waals surface area contributed by atoms with E-state index in [0.717, 1.165) is 0 Å². The molecular weight excluding hydrogens is 204 g/mol. The Morgan fingerprint density at radius 1 is 1.71 bits per heavy atom. The number of carboxylic acids is 1. The minimum absolute atomic E-state index is 0.00958. The van der Waals surface area contributed by atoms with Crippen LogP contribution in [0, 0.1) is 0 Å². The molecule has 6 heteroatoms. The van der Waals surface area contributed by atoms with Gasteiger partial charge in [-0.2, -0.15) is 4.98 Å². The number of nitrogens with zero attached hydrogens (tertiary/aromatic N) is 2. The maximum absolute atomic E-state index is 10.7. The van der Waals surface area contributed by atoms with Crippen molar-refractivity contribution in [1.82, 2.24) is 9.97 Å². The van der Waals surface area contributed by atoms with Crippen molar-refractivity contribution in [3.8, 4) is 5.88 Å². The zero-order chi connectivity index (χ0) is 10.6. The summed E-state index contributed by atoms with van der Waals surface area (Å²) in [4.78, 5) is 18.5. The monoisotopic (exact) mass is 214 g/mol. The number of hydrogen-bond donors (Lipinski definition) is 1. The zero-order valence-corrected chi connectivity index (χ0v) is 8.67. The van der Waals surface area contributed by atoms with Crippen molar-refractivity contribution < 1.29 is 14.6 Å². The maximum Gasteiger partial charge on any atom is 0.342 e. The lowest BCUT2D eigenvalue weighted by Gasteiger charge is -2.05. The molecule has 0 amide bonds. The van der Waals surface area contributed by atoms with Crippen molar-refractivity contribution in [2.45, 2.75) is 12.1 Å². The van der Waals surface area contributed by atoms with Gasteiger partial charge in [0.25, 0.3) is 0 Å². The summed E-state index contributed by atoms with van der Waals surface area (Å²) in [7, 11) is 0. The van der Waals surface area contributed by atoms with Crippen LogP contribution >= 0.6 is 11.8 Å². The highest BCUT2D eigenvalue weighted by Gasteiger charge is 2.14. The molecule has 0 aromatic carbocycles. The van der Waals surface area contributed by atoms with Gasteiger partial charge in [-0.25, -0.2) is 9.78 Å². The van der Waals surface area contributed by atoms with E-state index < -0.39 is 5.97 Å². The number of aromatic carboxylic acids is 1. The van der Waals surface area contributed by atoms with E-state index in [1.165, 1.54) is 18.0 Å². The average Bonchev–Trinajstić information content (AvgIpc) is 2.17. The van der Waals surface area contributed by atoms with Gasteiger partial charge < -0.3 is 9.84 Å². The van der Waals surface area contributed by atoms with Crippen LogP contribution in [0.2, 0.25) is 0 Å². The van der Waals surface area contributed by atoms with Gasteiger partial charge in [-0.15, -0.1) is 0 Å². The second-order valence-electron chi connectivity index (χ2n) is 2.31. The molecule has 1 aromatic heterocycles. The number of carbonyl (C=O) groups is 1. The first-order valence-electron chi connectivity index (χ1n) is 3.96. The first kappa shape index (κ1) is 10.8. The molecule has 0 aliphatic heterocycles. The van der Waals surface area contributed by atoms with Crippen LogP contribution in [0.5, 0.6) is 5.88 Å². The van der Waals surface area contributed by atoms with E-state index in [1.807, 2.05) is 6.26 Å². The normalized spacial score (nSPS) is 9.86. The molecule has 0 radical (unpaired) electrons. The lowest BCUT2D eigenvalue weighted by molar-refractivity contribution is 0.0690. The molecule has 1 aromatic rings. The van der Waals surface area contributed by atoms with Gasteiger partial charge in [0.15, 0.2) is 5.16 Å². The maximum atomic E-state index is 10.7. The number of hydrogen-bond acceptors (Lipinski definition) is 5. The van der Waals surface area contributed by atoms with Crippen molar-refractivity contribution in [2.24, 2.45) is 0 Å². The smallest absolute Gasteiger partial charge is 0.342 e. The van der Waals surface area contributed by atoms with Gasteiger partial charge in [-0.1, -0.05) is 11.8 Å². The standard InChI is InChI=1S/C8H10N2O3S/c1-3-13-6-5(7(11)12)4-9-8(10-6)14-2/h4H,3H2,1-2H3,(H,11,12). The van der Waals surface area contributed by atoms with E-state index in [1.54, 1.807) is 6.92 Å². The van der Waals surface area contributed by atoms with Gasteiger partial charge in [-0.05, 0) is 13.2 Å². The third-order valence-corrected chi connectivity index (χ3v) is 1.99. The first-order valence-corrected chi connectivity index (χ1v) is 5.18. The van der Waals surface area contributed by atoms with Gasteiger partial charge in [0.1, 0.15) is 5.56 Å². The Hall–Kier alpha value is -1.30. The fourth-order valence-electron chi connectivity index (χ4n) is 0.843. The van der Waals surface area contributed by atoms with Crippen molar-refractivity contribution in [3.05, 3.63) is 11.8 Å². The van der Waals surface area contributed by atoms with E-state index in [-0.39, 0.29) is 11.4 Å². The predicted molar refractivity (Wildman–Crippen MR) is 51.9 cm³/mol. The molecule has 0 atom stereocenters. The van der Waals surface area contributed by atoms with Gasteiger partial charge >= 0.3 is 5.97 Å². The molecule has 0 spiro atoms. The lowest BCUT2D eigenvalue weighted by Crippen LogP contribution is -2.06. The summed E-state index contributed by atoms with van der Waals surface area (Å²) in [5.74, 6) is -0.958. The molecule has 0 fully saturated rings. The fraction of sp³-hybridized carbons (Fsp3) is 0.375. The third-order valence-electron chi connectivity index (χ3n) is 1.43. The molecule has 0 aliphatic rings. The van der Waals surface area contributed by atoms with Crippen LogP contribution in [-0.4, -0.2) is 33.9 Å². The Labute approximate surface area is 85.5 Å². The molecule has 14 heavy (non-hydrogen) atoms. The van der Waals surface area contributed by atoms with Crippen molar-refractivity contribution >= 4 is 17.7 Å². The minimum atomic E-state index is -1.08. The minimum Gasteiger partial charge on any atom is -0.477 e. The summed E-state index contributed by atoms with van der Waals surface area (Å²) in [5.41, 5.74) is -0.00958. The number of aromatic nitrogens is 2. The van der Waals surface area contributed by atoms with Crippen LogP contribution in [0.25, 0.3) is 0 Å². The molecule has 0 saturated heterocycles. The average molecular weight is 214 g/mol. The Balaban J connectivity index is 3.10. The van der Waals surface area contributed by atoms with Crippen molar-refractivity contribution in [2.75, 3.05) is 12.9 Å². The Morgan fingerprint density at radius 3 is 2.93 bits per heavy atom. The Morgan fingerprint density at radius 2 is 2.43 bits per heavy atom. The van der Waals surface area contributed by atoms with E-state index in [9.17, 15) is 4.79 Å². The molecule has 1 heterocycles. The third kappa shape index (κ3) is 2.35. The largest absolute Gasteiger partial charge is 0.477 e. The zero-order valence-electron chi connectivity index (χ0n) is 7.85. The second kappa shape index (κ2) is 4.80. The van der Waals surface area contributed by atoms with Gasteiger partial charge in [0.05, 0.1) is 6.61 Å².